The molecule has 0 heterocycles. The predicted molar refractivity (Wildman–Crippen MR) is 104 cm³/mol. The number of carbonyl (C=O) groups is 2. The lowest BCUT2D eigenvalue weighted by molar-refractivity contribution is -0.384. The van der Waals surface area contributed by atoms with Crippen molar-refractivity contribution in [3.05, 3.63) is 63.2 Å². The van der Waals surface area contributed by atoms with Gasteiger partial charge in [-0.25, -0.2) is 13.6 Å². The first-order chi connectivity index (χ1) is 13.6. The summed E-state index contributed by atoms with van der Waals surface area (Å²) in [6.07, 6.45) is 0.239. The lowest BCUT2D eigenvalue weighted by Crippen LogP contribution is -2.21. The maximum atomic E-state index is 11.8. The van der Waals surface area contributed by atoms with Crippen molar-refractivity contribution in [1.82, 2.24) is 0 Å². The molecule has 0 radical (unpaired) electrons. The van der Waals surface area contributed by atoms with E-state index in [0.717, 1.165) is 6.07 Å². The molecule has 154 valence electrons. The fourth-order valence-corrected chi connectivity index (χ4v) is 2.94. The largest absolute Gasteiger partial charge is 0.456 e. The summed E-state index contributed by atoms with van der Waals surface area (Å²) in [5.41, 5.74) is 0.458. The van der Waals surface area contributed by atoms with E-state index in [1.54, 1.807) is 0 Å². The quantitative estimate of drug-likeness (QED) is 0.360. The number of aryl methyl sites for hydroxylation is 1. The molecular formula is C17H16ClN3O7S. The Bertz CT molecular complexity index is 1040. The van der Waals surface area contributed by atoms with E-state index in [4.69, 9.17) is 21.5 Å². The van der Waals surface area contributed by atoms with Crippen molar-refractivity contribution in [2.75, 3.05) is 11.9 Å². The van der Waals surface area contributed by atoms with E-state index in [-0.39, 0.29) is 34.1 Å². The van der Waals surface area contributed by atoms with Gasteiger partial charge < -0.3 is 10.1 Å². The van der Waals surface area contributed by atoms with E-state index < -0.39 is 33.4 Å². The Hall–Kier alpha value is -3.02. The van der Waals surface area contributed by atoms with Crippen LogP contribution in [0.3, 0.4) is 0 Å². The standard InChI is InChI=1S/C17H16ClN3O7S/c18-14-7-4-12(9-15(14)21(24)25)20-16(22)10-28-17(23)8-3-11-1-5-13(6-2-11)29(19,26)27/h1-2,4-7,9H,3,8,10H2,(H,20,22)(H2,19,26,27). The first-order valence-electron chi connectivity index (χ1n) is 8.07. The molecule has 0 spiro atoms. The Kier molecular flexibility index (Phi) is 7.26. The Morgan fingerprint density at radius 1 is 1.17 bits per heavy atom. The Labute approximate surface area is 170 Å². The molecule has 0 aromatic heterocycles. The fourth-order valence-electron chi connectivity index (χ4n) is 2.24. The third kappa shape index (κ3) is 6.82. The van der Waals surface area contributed by atoms with Gasteiger partial charge in [-0.3, -0.25) is 19.7 Å². The topological polar surface area (TPSA) is 159 Å². The van der Waals surface area contributed by atoms with Crippen molar-refractivity contribution in [2.24, 2.45) is 5.14 Å². The van der Waals surface area contributed by atoms with Crippen LogP contribution in [0.5, 0.6) is 0 Å². The molecule has 0 bridgehead atoms. The van der Waals surface area contributed by atoms with Gasteiger partial charge in [0.25, 0.3) is 11.6 Å². The molecule has 2 rings (SSSR count). The number of rotatable bonds is 8. The average Bonchev–Trinajstić information content (AvgIpc) is 2.65. The van der Waals surface area contributed by atoms with Crippen LogP contribution in [0.2, 0.25) is 5.02 Å². The van der Waals surface area contributed by atoms with Crippen molar-refractivity contribution in [2.45, 2.75) is 17.7 Å². The highest BCUT2D eigenvalue weighted by atomic mass is 35.5. The van der Waals surface area contributed by atoms with Crippen molar-refractivity contribution in [3.8, 4) is 0 Å². The van der Waals surface area contributed by atoms with Crippen LogP contribution in [0.4, 0.5) is 11.4 Å². The molecule has 1 amide bonds. The normalized spacial score (nSPS) is 11.0. The van der Waals surface area contributed by atoms with Crippen LogP contribution in [-0.4, -0.2) is 31.8 Å². The van der Waals surface area contributed by atoms with Crippen LogP contribution in [0.1, 0.15) is 12.0 Å². The van der Waals surface area contributed by atoms with Gasteiger partial charge in [-0.05, 0) is 36.2 Å². The zero-order chi connectivity index (χ0) is 21.6. The van der Waals surface area contributed by atoms with Crippen molar-refractivity contribution in [1.29, 1.82) is 0 Å². The van der Waals surface area contributed by atoms with E-state index in [9.17, 15) is 28.1 Å². The molecule has 3 N–H and O–H groups in total. The number of carbonyl (C=O) groups excluding carboxylic acids is 2. The number of anilines is 1. The summed E-state index contributed by atoms with van der Waals surface area (Å²) in [4.78, 5) is 33.7. The molecule has 29 heavy (non-hydrogen) atoms. The molecule has 10 nitrogen and oxygen atoms in total. The van der Waals surface area contributed by atoms with Gasteiger partial charge in [-0.1, -0.05) is 23.7 Å². The third-order valence-corrected chi connectivity index (χ3v) is 4.91. The van der Waals surface area contributed by atoms with Crippen molar-refractivity contribution in [3.63, 3.8) is 0 Å². The molecule has 0 aliphatic carbocycles. The number of ether oxygens (including phenoxy) is 1. The van der Waals surface area contributed by atoms with Gasteiger partial charge >= 0.3 is 5.97 Å². The van der Waals surface area contributed by atoms with E-state index >= 15 is 0 Å². The van der Waals surface area contributed by atoms with Crippen LogP contribution in [-0.2, 0) is 30.8 Å². The van der Waals surface area contributed by atoms with Gasteiger partial charge in [0.15, 0.2) is 6.61 Å². The first-order valence-corrected chi connectivity index (χ1v) is 10.00. The average molecular weight is 442 g/mol. The minimum atomic E-state index is -3.79. The summed E-state index contributed by atoms with van der Waals surface area (Å²) >= 11 is 5.69. The lowest BCUT2D eigenvalue weighted by atomic mass is 10.1. The second kappa shape index (κ2) is 9.45. The van der Waals surface area contributed by atoms with Crippen LogP contribution < -0.4 is 10.5 Å². The minimum Gasteiger partial charge on any atom is -0.456 e. The van der Waals surface area contributed by atoms with Gasteiger partial charge in [-0.2, -0.15) is 0 Å². The van der Waals surface area contributed by atoms with Gasteiger partial charge in [0.1, 0.15) is 5.02 Å². The summed E-state index contributed by atoms with van der Waals surface area (Å²) in [7, 11) is -3.79. The number of hydrogen-bond donors (Lipinski definition) is 2. The highest BCUT2D eigenvalue weighted by Crippen LogP contribution is 2.27. The van der Waals surface area contributed by atoms with E-state index in [1.807, 2.05) is 0 Å². The number of halogens is 1. The van der Waals surface area contributed by atoms with E-state index in [1.165, 1.54) is 36.4 Å². The molecule has 0 saturated carbocycles. The molecule has 12 heteroatoms. The van der Waals surface area contributed by atoms with Crippen LogP contribution in [0.25, 0.3) is 0 Å². The second-order valence-corrected chi connectivity index (χ2v) is 7.79. The molecule has 0 aliphatic rings. The second-order valence-electron chi connectivity index (χ2n) is 5.82. The number of hydrogen-bond acceptors (Lipinski definition) is 7. The molecular weight excluding hydrogens is 426 g/mol. The maximum absolute atomic E-state index is 11.8. The molecule has 0 atom stereocenters. The lowest BCUT2D eigenvalue weighted by Gasteiger charge is -2.07. The maximum Gasteiger partial charge on any atom is 0.306 e. The molecule has 0 unspecified atom stereocenters. The van der Waals surface area contributed by atoms with Crippen molar-refractivity contribution < 1.29 is 27.7 Å². The molecule has 2 aromatic carbocycles. The van der Waals surface area contributed by atoms with Gasteiger partial charge in [0.05, 0.1) is 9.82 Å². The Morgan fingerprint density at radius 3 is 2.41 bits per heavy atom. The number of nitrogens with zero attached hydrogens (tertiary/aromatic N) is 1. The molecule has 0 aliphatic heterocycles. The van der Waals surface area contributed by atoms with E-state index in [0.29, 0.717) is 5.56 Å². The van der Waals surface area contributed by atoms with Crippen molar-refractivity contribution >= 4 is 44.9 Å². The Morgan fingerprint density at radius 2 is 1.83 bits per heavy atom. The summed E-state index contributed by atoms with van der Waals surface area (Å²) in [6.45, 7) is -0.570. The van der Waals surface area contributed by atoms with Gasteiger partial charge in [-0.15, -0.1) is 0 Å². The third-order valence-electron chi connectivity index (χ3n) is 3.66. The molecule has 0 fully saturated rings. The number of amides is 1. The van der Waals surface area contributed by atoms with Crippen LogP contribution in [0, 0.1) is 10.1 Å². The number of primary sulfonamides is 1. The summed E-state index contributed by atoms with van der Waals surface area (Å²) < 4.78 is 27.2. The number of benzene rings is 2. The minimum absolute atomic E-state index is 0.0333. The molecule has 0 saturated heterocycles. The summed E-state index contributed by atoms with van der Waals surface area (Å²) in [5, 5.41) is 18.1. The van der Waals surface area contributed by atoms with Gasteiger partial charge in [0, 0.05) is 18.2 Å². The number of sulfonamides is 1. The predicted octanol–water partition coefficient (Wildman–Crippen LogP) is 2.01. The van der Waals surface area contributed by atoms with E-state index in [2.05, 4.69) is 5.32 Å². The summed E-state index contributed by atoms with van der Waals surface area (Å²) in [5.74, 6) is -1.31. The first kappa shape index (κ1) is 22.3. The number of nitrogens with two attached hydrogens (primary N) is 1. The Balaban J connectivity index is 1.81. The zero-order valence-electron chi connectivity index (χ0n) is 14.8. The number of nitro benzene ring substituents is 1. The zero-order valence-corrected chi connectivity index (χ0v) is 16.4. The number of esters is 1. The highest BCUT2D eigenvalue weighted by Gasteiger charge is 2.15. The molecule has 2 aromatic rings. The van der Waals surface area contributed by atoms with Crippen LogP contribution in [0.15, 0.2) is 47.4 Å². The summed E-state index contributed by atoms with van der Waals surface area (Å²) in [6, 6.07) is 9.43. The van der Waals surface area contributed by atoms with Gasteiger partial charge in [0.2, 0.25) is 10.0 Å². The monoisotopic (exact) mass is 441 g/mol. The number of nitrogens with one attached hydrogen (secondary N) is 1. The number of nitro groups is 1. The SMILES string of the molecule is NS(=O)(=O)c1ccc(CCC(=O)OCC(=O)Nc2ccc(Cl)c([N+](=O)[O-])c2)cc1. The highest BCUT2D eigenvalue weighted by molar-refractivity contribution is 7.89. The smallest absolute Gasteiger partial charge is 0.306 e. The van der Waals surface area contributed by atoms with Crippen LogP contribution >= 0.6 is 11.6 Å². The fraction of sp³-hybridized carbons (Fsp3) is 0.176.